The maximum absolute atomic E-state index is 10.9. The number of carboxylic acids is 1. The Morgan fingerprint density at radius 2 is 2.05 bits per heavy atom. The van der Waals surface area contributed by atoms with Crippen molar-refractivity contribution in [3.05, 3.63) is 65.4 Å². The molecule has 0 radical (unpaired) electrons. The van der Waals surface area contributed by atoms with Gasteiger partial charge in [-0.05, 0) is 42.8 Å². The number of carbonyl (C=O) groups is 1. The first-order valence-corrected chi connectivity index (χ1v) is 7.55. The fraction of sp³-hybridized carbons (Fsp3) is 0.118. The van der Waals surface area contributed by atoms with E-state index in [2.05, 4.69) is 31.2 Å². The van der Waals surface area contributed by atoms with Crippen molar-refractivity contribution in [2.24, 2.45) is 0 Å². The summed E-state index contributed by atoms with van der Waals surface area (Å²) in [4.78, 5) is 12.1. The molecule has 4 heteroatoms. The van der Waals surface area contributed by atoms with E-state index in [1.807, 2.05) is 18.2 Å². The third kappa shape index (κ3) is 3.11. The number of hydrogen-bond donors (Lipinski definition) is 1. The number of benzene rings is 2. The van der Waals surface area contributed by atoms with Crippen molar-refractivity contribution in [2.75, 3.05) is 0 Å². The number of carboxylic acid groups (broad SMARTS) is 1. The zero-order chi connectivity index (χ0) is 14.8. The van der Waals surface area contributed by atoms with Crippen LogP contribution in [0.3, 0.4) is 0 Å². The molecule has 0 bridgehead atoms. The van der Waals surface area contributed by atoms with Crippen LogP contribution in [0.1, 0.15) is 21.7 Å². The number of hydrogen-bond acceptors (Lipinski definition) is 3. The van der Waals surface area contributed by atoms with Crippen LogP contribution < -0.4 is 0 Å². The second kappa shape index (κ2) is 5.66. The minimum atomic E-state index is -1.04. The van der Waals surface area contributed by atoms with Crippen LogP contribution in [0.15, 0.2) is 57.8 Å². The van der Waals surface area contributed by atoms with Gasteiger partial charge in [0.05, 0.1) is 0 Å². The Morgan fingerprint density at radius 1 is 1.19 bits per heavy atom. The van der Waals surface area contributed by atoms with E-state index in [-0.39, 0.29) is 5.76 Å². The van der Waals surface area contributed by atoms with Crippen molar-refractivity contribution in [1.82, 2.24) is 0 Å². The van der Waals surface area contributed by atoms with Crippen LogP contribution in [-0.4, -0.2) is 11.1 Å². The number of rotatable bonds is 4. The summed E-state index contributed by atoms with van der Waals surface area (Å²) in [7, 11) is 0. The summed E-state index contributed by atoms with van der Waals surface area (Å²) in [6.07, 6.45) is 0. The van der Waals surface area contributed by atoms with E-state index in [9.17, 15) is 4.79 Å². The van der Waals surface area contributed by atoms with Crippen molar-refractivity contribution >= 4 is 28.7 Å². The number of furan rings is 1. The van der Waals surface area contributed by atoms with Crippen molar-refractivity contribution in [2.45, 2.75) is 17.6 Å². The highest BCUT2D eigenvalue weighted by atomic mass is 32.2. The molecule has 106 valence electrons. The molecule has 1 aromatic heterocycles. The van der Waals surface area contributed by atoms with Crippen LogP contribution in [0.25, 0.3) is 11.0 Å². The molecule has 2 aromatic carbocycles. The average Bonchev–Trinajstić information content (AvgIpc) is 2.88. The predicted molar refractivity (Wildman–Crippen MR) is 83.9 cm³/mol. The fourth-order valence-electron chi connectivity index (χ4n) is 2.16. The van der Waals surface area contributed by atoms with E-state index in [1.165, 1.54) is 10.5 Å². The third-order valence-corrected chi connectivity index (χ3v) is 4.25. The summed E-state index contributed by atoms with van der Waals surface area (Å²) in [5.74, 6) is -0.220. The van der Waals surface area contributed by atoms with E-state index in [0.717, 1.165) is 16.7 Å². The zero-order valence-corrected chi connectivity index (χ0v) is 12.3. The van der Waals surface area contributed by atoms with Gasteiger partial charge in [-0.25, -0.2) is 4.79 Å². The summed E-state index contributed by atoms with van der Waals surface area (Å²) in [5.41, 5.74) is 3.00. The highest BCUT2D eigenvalue weighted by Crippen LogP contribution is 2.26. The molecule has 0 atom stereocenters. The van der Waals surface area contributed by atoms with Crippen LogP contribution in [0.2, 0.25) is 0 Å². The first-order chi connectivity index (χ1) is 10.1. The van der Waals surface area contributed by atoms with Crippen molar-refractivity contribution in [3.8, 4) is 0 Å². The first-order valence-electron chi connectivity index (χ1n) is 6.57. The van der Waals surface area contributed by atoms with Gasteiger partial charge in [-0.15, -0.1) is 11.8 Å². The largest absolute Gasteiger partial charge is 0.475 e. The Hall–Kier alpha value is -2.20. The quantitative estimate of drug-likeness (QED) is 0.707. The maximum Gasteiger partial charge on any atom is 0.371 e. The molecule has 0 aliphatic heterocycles. The second-order valence-electron chi connectivity index (χ2n) is 4.89. The molecule has 1 heterocycles. The van der Waals surface area contributed by atoms with Gasteiger partial charge >= 0.3 is 5.97 Å². The Labute approximate surface area is 126 Å². The standard InChI is InChI=1S/C17H14O3S/c1-11-3-2-4-14(7-11)21-10-12-5-6-15-13(8-12)9-16(20-15)17(18)19/h2-9H,10H2,1H3,(H,18,19). The fourth-order valence-corrected chi connectivity index (χ4v) is 3.12. The summed E-state index contributed by atoms with van der Waals surface area (Å²) in [6.45, 7) is 2.08. The predicted octanol–water partition coefficient (Wildman–Crippen LogP) is 4.73. The van der Waals surface area contributed by atoms with Crippen LogP contribution in [0, 0.1) is 6.92 Å². The SMILES string of the molecule is Cc1cccc(SCc2ccc3oc(C(=O)O)cc3c2)c1. The van der Waals surface area contributed by atoms with Gasteiger partial charge in [0.25, 0.3) is 0 Å². The molecule has 0 amide bonds. The van der Waals surface area contributed by atoms with Gasteiger partial charge in [-0.2, -0.15) is 0 Å². The number of aryl methyl sites for hydroxylation is 1. The van der Waals surface area contributed by atoms with Crippen LogP contribution in [-0.2, 0) is 5.75 Å². The van der Waals surface area contributed by atoms with Crippen molar-refractivity contribution in [3.63, 3.8) is 0 Å². The topological polar surface area (TPSA) is 50.4 Å². The van der Waals surface area contributed by atoms with Gasteiger partial charge in [-0.1, -0.05) is 23.8 Å². The Morgan fingerprint density at radius 3 is 2.81 bits per heavy atom. The van der Waals surface area contributed by atoms with E-state index in [0.29, 0.717) is 5.58 Å². The van der Waals surface area contributed by atoms with Crippen molar-refractivity contribution < 1.29 is 14.3 Å². The summed E-state index contributed by atoms with van der Waals surface area (Å²) < 4.78 is 5.26. The number of thioether (sulfide) groups is 1. The molecular formula is C17H14O3S. The molecule has 3 nitrogen and oxygen atoms in total. The summed E-state index contributed by atoms with van der Waals surface area (Å²) >= 11 is 1.76. The minimum absolute atomic E-state index is 0.0199. The molecule has 0 aliphatic carbocycles. The van der Waals surface area contributed by atoms with E-state index < -0.39 is 5.97 Å². The lowest BCUT2D eigenvalue weighted by atomic mass is 10.2. The lowest BCUT2D eigenvalue weighted by Crippen LogP contribution is -1.91. The van der Waals surface area contributed by atoms with Crippen LogP contribution in [0.4, 0.5) is 0 Å². The zero-order valence-electron chi connectivity index (χ0n) is 11.5. The Kier molecular flexibility index (Phi) is 3.71. The molecule has 0 aliphatic rings. The molecular weight excluding hydrogens is 284 g/mol. The molecule has 0 saturated heterocycles. The first kappa shape index (κ1) is 13.8. The van der Waals surface area contributed by atoms with Gasteiger partial charge in [0.1, 0.15) is 5.58 Å². The maximum atomic E-state index is 10.9. The van der Waals surface area contributed by atoms with E-state index in [1.54, 1.807) is 17.8 Å². The third-order valence-electron chi connectivity index (χ3n) is 3.19. The van der Waals surface area contributed by atoms with Gasteiger partial charge in [0.15, 0.2) is 0 Å². The van der Waals surface area contributed by atoms with Gasteiger partial charge < -0.3 is 9.52 Å². The molecule has 0 saturated carbocycles. The molecule has 3 rings (SSSR count). The number of aromatic carboxylic acids is 1. The van der Waals surface area contributed by atoms with Crippen LogP contribution >= 0.6 is 11.8 Å². The van der Waals surface area contributed by atoms with E-state index in [4.69, 9.17) is 9.52 Å². The molecule has 3 aromatic rings. The van der Waals surface area contributed by atoms with Crippen LogP contribution in [0.5, 0.6) is 0 Å². The lowest BCUT2D eigenvalue weighted by Gasteiger charge is -2.03. The normalized spacial score (nSPS) is 10.9. The molecule has 0 fully saturated rings. The van der Waals surface area contributed by atoms with Gasteiger partial charge in [0, 0.05) is 16.0 Å². The molecule has 21 heavy (non-hydrogen) atoms. The lowest BCUT2D eigenvalue weighted by molar-refractivity contribution is 0.0665. The number of fused-ring (bicyclic) bond motifs is 1. The Bertz CT molecular complexity index is 805. The minimum Gasteiger partial charge on any atom is -0.475 e. The smallest absolute Gasteiger partial charge is 0.371 e. The van der Waals surface area contributed by atoms with Gasteiger partial charge in [0.2, 0.25) is 5.76 Å². The second-order valence-corrected chi connectivity index (χ2v) is 5.94. The Balaban J connectivity index is 1.79. The van der Waals surface area contributed by atoms with E-state index >= 15 is 0 Å². The summed E-state index contributed by atoms with van der Waals surface area (Å²) in [5, 5.41) is 9.76. The molecule has 0 spiro atoms. The average molecular weight is 298 g/mol. The van der Waals surface area contributed by atoms with Crippen molar-refractivity contribution in [1.29, 1.82) is 0 Å². The molecule has 0 unspecified atom stereocenters. The monoisotopic (exact) mass is 298 g/mol. The van der Waals surface area contributed by atoms with Gasteiger partial charge in [-0.3, -0.25) is 0 Å². The molecule has 1 N–H and O–H groups in total. The highest BCUT2D eigenvalue weighted by molar-refractivity contribution is 7.98. The highest BCUT2D eigenvalue weighted by Gasteiger charge is 2.10. The summed E-state index contributed by atoms with van der Waals surface area (Å²) in [6, 6.07) is 15.7.